The maximum absolute atomic E-state index is 13.1. The lowest BCUT2D eigenvalue weighted by Crippen LogP contribution is -2.46. The molecule has 0 N–H and O–H groups in total. The highest BCUT2D eigenvalue weighted by molar-refractivity contribution is 5.76. The second-order valence-corrected chi connectivity index (χ2v) is 8.23. The average molecular weight is 397 g/mol. The van der Waals surface area contributed by atoms with E-state index in [1.54, 1.807) is 4.68 Å². The molecule has 156 valence electrons. The number of carbonyl (C=O) groups excluding carboxylic acids is 1. The summed E-state index contributed by atoms with van der Waals surface area (Å²) in [6.45, 7) is 7.74. The molecule has 29 heavy (non-hydrogen) atoms. The molecular weight excluding hydrogens is 364 g/mol. The Kier molecular flexibility index (Phi) is 6.62. The summed E-state index contributed by atoms with van der Waals surface area (Å²) in [7, 11) is 0. The Labute approximate surface area is 173 Å². The number of aryl methyl sites for hydroxylation is 1. The van der Waals surface area contributed by atoms with Crippen LogP contribution >= 0.6 is 0 Å². The third kappa shape index (κ3) is 5.25. The monoisotopic (exact) mass is 396 g/mol. The molecule has 1 fully saturated rings. The smallest absolute Gasteiger partial charge is 0.244 e. The maximum atomic E-state index is 13.1. The van der Waals surface area contributed by atoms with E-state index < -0.39 is 0 Å². The van der Waals surface area contributed by atoms with E-state index in [2.05, 4.69) is 39.2 Å². The predicted molar refractivity (Wildman–Crippen MR) is 113 cm³/mol. The van der Waals surface area contributed by atoms with E-state index in [1.165, 1.54) is 11.1 Å². The molecule has 0 spiro atoms. The minimum atomic E-state index is 0.170. The lowest BCUT2D eigenvalue weighted by Gasteiger charge is -2.35. The van der Waals surface area contributed by atoms with Crippen LogP contribution in [0.2, 0.25) is 0 Å². The number of amides is 1. The van der Waals surface area contributed by atoms with Crippen LogP contribution in [-0.4, -0.2) is 64.4 Å². The largest absolute Gasteiger partial charge is 0.381 e. The van der Waals surface area contributed by atoms with Crippen molar-refractivity contribution in [3.05, 3.63) is 53.3 Å². The zero-order valence-electron chi connectivity index (χ0n) is 17.4. The number of fused-ring (bicyclic) bond motifs is 1. The van der Waals surface area contributed by atoms with E-state index in [4.69, 9.17) is 4.74 Å². The number of aromatic nitrogens is 2. The van der Waals surface area contributed by atoms with Crippen LogP contribution in [-0.2, 0) is 29.0 Å². The fourth-order valence-electron chi connectivity index (χ4n) is 4.50. The Hall–Kier alpha value is -2.18. The van der Waals surface area contributed by atoms with Gasteiger partial charge in [0.05, 0.1) is 5.69 Å². The van der Waals surface area contributed by atoms with Crippen molar-refractivity contribution in [3.8, 4) is 0 Å². The number of hydrogen-bond acceptors (Lipinski definition) is 4. The lowest BCUT2D eigenvalue weighted by molar-refractivity contribution is -0.136. The molecule has 2 aromatic rings. The average Bonchev–Trinajstić information content (AvgIpc) is 3.16. The van der Waals surface area contributed by atoms with E-state index in [9.17, 15) is 4.79 Å². The van der Waals surface area contributed by atoms with Gasteiger partial charge in [-0.05, 0) is 49.8 Å². The Balaban J connectivity index is 1.33. The van der Waals surface area contributed by atoms with Crippen LogP contribution in [0.5, 0.6) is 0 Å². The highest BCUT2D eigenvalue weighted by Gasteiger charge is 2.26. The van der Waals surface area contributed by atoms with Crippen LogP contribution in [0.1, 0.15) is 36.1 Å². The molecule has 4 rings (SSSR count). The molecule has 1 aromatic heterocycles. The molecule has 2 aliphatic heterocycles. The number of carbonyl (C=O) groups is 1. The van der Waals surface area contributed by atoms with E-state index in [-0.39, 0.29) is 11.9 Å². The quantitative estimate of drug-likeness (QED) is 0.722. The van der Waals surface area contributed by atoms with Gasteiger partial charge in [-0.2, -0.15) is 5.10 Å². The fraction of sp³-hybridized carbons (Fsp3) is 0.565. The van der Waals surface area contributed by atoms with Crippen molar-refractivity contribution in [2.24, 2.45) is 0 Å². The molecule has 2 aliphatic rings. The number of nitrogens with zero attached hydrogens (tertiary/aromatic N) is 4. The Bertz CT molecular complexity index is 813. The van der Waals surface area contributed by atoms with Crippen LogP contribution in [0.15, 0.2) is 36.5 Å². The van der Waals surface area contributed by atoms with Gasteiger partial charge < -0.3 is 9.64 Å². The van der Waals surface area contributed by atoms with Gasteiger partial charge in [-0.1, -0.05) is 24.3 Å². The molecule has 1 amide bonds. The van der Waals surface area contributed by atoms with Crippen LogP contribution in [0, 0.1) is 6.92 Å². The van der Waals surface area contributed by atoms with E-state index in [0.29, 0.717) is 6.54 Å². The van der Waals surface area contributed by atoms with Crippen LogP contribution in [0.25, 0.3) is 0 Å². The Morgan fingerprint density at radius 2 is 2.00 bits per heavy atom. The summed E-state index contributed by atoms with van der Waals surface area (Å²) in [5.41, 5.74) is 3.88. The molecular formula is C23H32N4O2. The van der Waals surface area contributed by atoms with E-state index >= 15 is 0 Å². The second-order valence-electron chi connectivity index (χ2n) is 8.23. The summed E-state index contributed by atoms with van der Waals surface area (Å²) >= 11 is 0. The van der Waals surface area contributed by atoms with Gasteiger partial charge in [0, 0.05) is 51.6 Å². The zero-order valence-corrected chi connectivity index (χ0v) is 17.4. The minimum Gasteiger partial charge on any atom is -0.381 e. The first-order valence-electron chi connectivity index (χ1n) is 10.9. The van der Waals surface area contributed by atoms with E-state index in [1.807, 2.05) is 19.2 Å². The first-order valence-corrected chi connectivity index (χ1v) is 10.9. The molecule has 0 radical (unpaired) electrons. The summed E-state index contributed by atoms with van der Waals surface area (Å²) in [4.78, 5) is 17.7. The SMILES string of the molecule is Cc1ccn(CC(=O)N(CCCN2CCc3ccccc3C2)C2CCOCC2)n1. The third-order valence-corrected chi connectivity index (χ3v) is 6.11. The molecule has 0 bridgehead atoms. The van der Waals surface area contributed by atoms with Crippen molar-refractivity contribution in [2.75, 3.05) is 32.8 Å². The van der Waals surface area contributed by atoms with Crippen molar-refractivity contribution in [1.82, 2.24) is 19.6 Å². The highest BCUT2D eigenvalue weighted by Crippen LogP contribution is 2.20. The lowest BCUT2D eigenvalue weighted by atomic mass is 10.00. The molecule has 6 heteroatoms. The number of ether oxygens (including phenoxy) is 1. The second kappa shape index (κ2) is 9.55. The molecule has 0 unspecified atom stereocenters. The fourth-order valence-corrected chi connectivity index (χ4v) is 4.50. The summed E-state index contributed by atoms with van der Waals surface area (Å²) < 4.78 is 7.28. The highest BCUT2D eigenvalue weighted by atomic mass is 16.5. The molecule has 0 aliphatic carbocycles. The molecule has 0 atom stereocenters. The predicted octanol–water partition coefficient (Wildman–Crippen LogP) is 2.65. The molecule has 6 nitrogen and oxygen atoms in total. The van der Waals surface area contributed by atoms with Gasteiger partial charge in [-0.3, -0.25) is 14.4 Å². The maximum Gasteiger partial charge on any atom is 0.244 e. The Morgan fingerprint density at radius 3 is 2.76 bits per heavy atom. The first-order chi connectivity index (χ1) is 14.2. The minimum absolute atomic E-state index is 0.170. The van der Waals surface area contributed by atoms with Gasteiger partial charge in [0.15, 0.2) is 0 Å². The summed E-state index contributed by atoms with van der Waals surface area (Å²) in [5, 5.41) is 4.39. The molecule has 1 aromatic carbocycles. The topological polar surface area (TPSA) is 50.6 Å². The summed E-state index contributed by atoms with van der Waals surface area (Å²) in [6.07, 6.45) is 5.88. The van der Waals surface area contributed by atoms with Crippen molar-refractivity contribution >= 4 is 5.91 Å². The number of hydrogen-bond donors (Lipinski definition) is 0. The molecule has 1 saturated heterocycles. The standard InChI is InChI=1S/C23H32N4O2/c1-19-7-14-26(24-19)18-23(28)27(22-9-15-29-16-10-22)12-4-11-25-13-8-20-5-2-3-6-21(20)17-25/h2-3,5-7,14,22H,4,8-13,15-18H2,1H3. The first kappa shape index (κ1) is 20.1. The number of rotatable bonds is 7. The van der Waals surface area contributed by atoms with Crippen molar-refractivity contribution in [3.63, 3.8) is 0 Å². The van der Waals surface area contributed by atoms with Crippen molar-refractivity contribution in [1.29, 1.82) is 0 Å². The molecule has 3 heterocycles. The van der Waals surface area contributed by atoms with E-state index in [0.717, 1.165) is 70.8 Å². The molecule has 0 saturated carbocycles. The van der Waals surface area contributed by atoms with Gasteiger partial charge >= 0.3 is 0 Å². The van der Waals surface area contributed by atoms with Crippen LogP contribution < -0.4 is 0 Å². The van der Waals surface area contributed by atoms with Gasteiger partial charge in [-0.15, -0.1) is 0 Å². The van der Waals surface area contributed by atoms with Crippen LogP contribution in [0.3, 0.4) is 0 Å². The summed E-state index contributed by atoms with van der Waals surface area (Å²) in [6, 6.07) is 11.0. The van der Waals surface area contributed by atoms with Gasteiger partial charge in [-0.25, -0.2) is 0 Å². The summed E-state index contributed by atoms with van der Waals surface area (Å²) in [5.74, 6) is 0.170. The Morgan fingerprint density at radius 1 is 1.21 bits per heavy atom. The number of benzene rings is 1. The van der Waals surface area contributed by atoms with Gasteiger partial charge in [0.1, 0.15) is 6.54 Å². The zero-order chi connectivity index (χ0) is 20.1. The third-order valence-electron chi connectivity index (χ3n) is 6.11. The van der Waals surface area contributed by atoms with Crippen LogP contribution in [0.4, 0.5) is 0 Å². The normalized spacial score (nSPS) is 17.8. The van der Waals surface area contributed by atoms with Crippen molar-refractivity contribution in [2.45, 2.75) is 51.7 Å². The van der Waals surface area contributed by atoms with Crippen molar-refractivity contribution < 1.29 is 9.53 Å². The van der Waals surface area contributed by atoms with Gasteiger partial charge in [0.25, 0.3) is 0 Å². The van der Waals surface area contributed by atoms with Gasteiger partial charge in [0.2, 0.25) is 5.91 Å².